The van der Waals surface area contributed by atoms with Gasteiger partial charge >= 0.3 is 0 Å². The Bertz CT molecular complexity index is 517. The van der Waals surface area contributed by atoms with Gasteiger partial charge in [0.05, 0.1) is 6.04 Å². The molecule has 0 saturated carbocycles. The van der Waals surface area contributed by atoms with Crippen LogP contribution in [0.4, 0.5) is 0 Å². The Morgan fingerprint density at radius 3 is 2.83 bits per heavy atom. The summed E-state index contributed by atoms with van der Waals surface area (Å²) in [5, 5.41) is 7.41. The first kappa shape index (κ1) is 11.7. The van der Waals surface area contributed by atoms with Crippen LogP contribution < -0.4 is 5.32 Å². The van der Waals surface area contributed by atoms with Crippen molar-refractivity contribution in [1.29, 1.82) is 0 Å². The van der Waals surface area contributed by atoms with E-state index in [0.29, 0.717) is 11.7 Å². The van der Waals surface area contributed by atoms with Crippen LogP contribution in [-0.4, -0.2) is 22.9 Å². The van der Waals surface area contributed by atoms with Gasteiger partial charge in [0.2, 0.25) is 11.7 Å². The highest BCUT2D eigenvalue weighted by Gasteiger charge is 2.22. The summed E-state index contributed by atoms with van der Waals surface area (Å²) in [5.74, 6) is 1.38. The molecule has 1 aliphatic heterocycles. The highest BCUT2D eigenvalue weighted by Crippen LogP contribution is 2.25. The highest BCUT2D eigenvalue weighted by atomic mass is 32.2. The first-order chi connectivity index (χ1) is 8.86. The Balaban J connectivity index is 1.82. The number of thioether (sulfide) groups is 1. The molecule has 1 aromatic heterocycles. The minimum absolute atomic E-state index is 0.233. The van der Waals surface area contributed by atoms with E-state index in [2.05, 4.69) is 33.8 Å². The molecule has 3 rings (SSSR count). The van der Waals surface area contributed by atoms with E-state index in [1.165, 1.54) is 11.3 Å². The van der Waals surface area contributed by atoms with E-state index in [9.17, 15) is 0 Å². The summed E-state index contributed by atoms with van der Waals surface area (Å²) in [6.07, 6.45) is 4.31. The Morgan fingerprint density at radius 1 is 1.33 bits per heavy atom. The summed E-state index contributed by atoms with van der Waals surface area (Å²) >= 11 is 1.72. The number of aromatic nitrogens is 2. The fraction of sp³-hybridized carbons (Fsp3) is 0.385. The van der Waals surface area contributed by atoms with E-state index in [1.807, 2.05) is 12.1 Å². The van der Waals surface area contributed by atoms with E-state index >= 15 is 0 Å². The second-order valence-corrected chi connectivity index (χ2v) is 5.21. The van der Waals surface area contributed by atoms with Crippen LogP contribution >= 0.6 is 11.8 Å². The number of benzene rings is 1. The van der Waals surface area contributed by atoms with Gasteiger partial charge in [0.15, 0.2) is 0 Å². The molecule has 4 nitrogen and oxygen atoms in total. The molecular weight excluding hydrogens is 246 g/mol. The third kappa shape index (κ3) is 2.28. The van der Waals surface area contributed by atoms with Crippen LogP contribution in [0.3, 0.4) is 0 Å². The number of rotatable bonds is 3. The van der Waals surface area contributed by atoms with Crippen LogP contribution in [0.1, 0.15) is 24.8 Å². The summed E-state index contributed by atoms with van der Waals surface area (Å²) in [5.41, 5.74) is 1.00. The average Bonchev–Trinajstić information content (AvgIpc) is 3.09. The van der Waals surface area contributed by atoms with E-state index < -0.39 is 0 Å². The largest absolute Gasteiger partial charge is 0.337 e. The number of hydrogen-bond donors (Lipinski definition) is 1. The summed E-state index contributed by atoms with van der Waals surface area (Å²) < 4.78 is 5.33. The van der Waals surface area contributed by atoms with Gasteiger partial charge in [0, 0.05) is 10.5 Å². The van der Waals surface area contributed by atoms with Gasteiger partial charge in [-0.05, 0) is 49.9 Å². The third-order valence-electron chi connectivity index (χ3n) is 3.15. The van der Waals surface area contributed by atoms with Crippen molar-refractivity contribution in [2.45, 2.75) is 23.8 Å². The van der Waals surface area contributed by atoms with Crippen LogP contribution in [0.5, 0.6) is 0 Å². The number of hydrogen-bond acceptors (Lipinski definition) is 5. The van der Waals surface area contributed by atoms with Crippen molar-refractivity contribution in [3.63, 3.8) is 0 Å². The minimum atomic E-state index is 0.233. The molecule has 1 atom stereocenters. The molecule has 5 heteroatoms. The predicted molar refractivity (Wildman–Crippen MR) is 71.5 cm³/mol. The summed E-state index contributed by atoms with van der Waals surface area (Å²) in [6.45, 7) is 1.03. The standard InChI is InChI=1S/C13H15N3OS/c1-18-10-6-4-9(5-7-10)12-15-13(17-16-12)11-3-2-8-14-11/h4-7,11,14H,2-3,8H2,1H3/t11-/m0/s1. The molecule has 0 spiro atoms. The van der Waals surface area contributed by atoms with Crippen molar-refractivity contribution < 1.29 is 4.52 Å². The van der Waals surface area contributed by atoms with Crippen LogP contribution in [-0.2, 0) is 0 Å². The lowest BCUT2D eigenvalue weighted by Crippen LogP contribution is -2.12. The molecule has 2 heterocycles. The lowest BCUT2D eigenvalue weighted by atomic mass is 10.2. The molecule has 0 bridgehead atoms. The zero-order valence-corrected chi connectivity index (χ0v) is 11.0. The summed E-state index contributed by atoms with van der Waals surface area (Å²) in [6, 6.07) is 8.44. The zero-order valence-electron chi connectivity index (χ0n) is 10.2. The van der Waals surface area contributed by atoms with Crippen molar-refractivity contribution in [2.75, 3.05) is 12.8 Å². The lowest BCUT2D eigenvalue weighted by molar-refractivity contribution is 0.345. The molecule has 1 aromatic carbocycles. The molecule has 0 unspecified atom stereocenters. The Morgan fingerprint density at radius 2 is 2.17 bits per heavy atom. The molecule has 1 aliphatic rings. The topological polar surface area (TPSA) is 51.0 Å². The van der Waals surface area contributed by atoms with Gasteiger partial charge in [-0.15, -0.1) is 11.8 Å². The smallest absolute Gasteiger partial charge is 0.244 e. The average molecular weight is 261 g/mol. The van der Waals surface area contributed by atoms with Gasteiger partial charge in [-0.2, -0.15) is 4.98 Å². The molecule has 1 N–H and O–H groups in total. The van der Waals surface area contributed by atoms with Gasteiger partial charge < -0.3 is 9.84 Å². The second-order valence-electron chi connectivity index (χ2n) is 4.33. The van der Waals surface area contributed by atoms with Crippen LogP contribution in [0.2, 0.25) is 0 Å². The van der Waals surface area contributed by atoms with Gasteiger partial charge in [-0.1, -0.05) is 5.16 Å². The van der Waals surface area contributed by atoms with Gasteiger partial charge in [0.25, 0.3) is 0 Å². The van der Waals surface area contributed by atoms with Crippen molar-refractivity contribution in [3.8, 4) is 11.4 Å². The number of nitrogens with one attached hydrogen (secondary N) is 1. The number of nitrogens with zero attached hydrogens (tertiary/aromatic N) is 2. The normalized spacial score (nSPS) is 19.3. The molecule has 0 amide bonds. The predicted octanol–water partition coefficient (Wildman–Crippen LogP) is 2.88. The first-order valence-corrected chi connectivity index (χ1v) is 7.31. The van der Waals surface area contributed by atoms with Gasteiger partial charge in [-0.3, -0.25) is 0 Å². The SMILES string of the molecule is CSc1ccc(-c2noc([C@@H]3CCCN3)n2)cc1. The van der Waals surface area contributed by atoms with E-state index in [1.54, 1.807) is 11.8 Å². The van der Waals surface area contributed by atoms with E-state index in [0.717, 1.165) is 18.5 Å². The Labute approximate surface area is 110 Å². The van der Waals surface area contributed by atoms with Crippen molar-refractivity contribution in [3.05, 3.63) is 30.2 Å². The van der Waals surface area contributed by atoms with Gasteiger partial charge in [0.1, 0.15) is 0 Å². The zero-order chi connectivity index (χ0) is 12.4. The fourth-order valence-electron chi connectivity index (χ4n) is 2.13. The molecule has 18 heavy (non-hydrogen) atoms. The Hall–Kier alpha value is -1.33. The fourth-order valence-corrected chi connectivity index (χ4v) is 2.54. The highest BCUT2D eigenvalue weighted by molar-refractivity contribution is 7.98. The minimum Gasteiger partial charge on any atom is -0.337 e. The van der Waals surface area contributed by atoms with E-state index in [-0.39, 0.29) is 6.04 Å². The van der Waals surface area contributed by atoms with Crippen molar-refractivity contribution in [1.82, 2.24) is 15.5 Å². The maximum atomic E-state index is 5.33. The summed E-state index contributed by atoms with van der Waals surface area (Å²) in [7, 11) is 0. The van der Waals surface area contributed by atoms with Crippen molar-refractivity contribution >= 4 is 11.8 Å². The second kappa shape index (κ2) is 5.12. The van der Waals surface area contributed by atoms with Crippen LogP contribution in [0.25, 0.3) is 11.4 Å². The summed E-state index contributed by atoms with van der Waals surface area (Å²) in [4.78, 5) is 5.71. The first-order valence-electron chi connectivity index (χ1n) is 6.08. The quantitative estimate of drug-likeness (QED) is 0.861. The van der Waals surface area contributed by atoms with Crippen molar-refractivity contribution in [2.24, 2.45) is 0 Å². The maximum Gasteiger partial charge on any atom is 0.244 e. The lowest BCUT2D eigenvalue weighted by Gasteiger charge is -2.01. The molecule has 0 aliphatic carbocycles. The van der Waals surface area contributed by atoms with Crippen LogP contribution in [0.15, 0.2) is 33.7 Å². The third-order valence-corrected chi connectivity index (χ3v) is 3.89. The molecule has 94 valence electrons. The van der Waals surface area contributed by atoms with Gasteiger partial charge in [-0.25, -0.2) is 0 Å². The molecule has 2 aromatic rings. The maximum absolute atomic E-state index is 5.33. The molecule has 1 saturated heterocycles. The molecule has 0 radical (unpaired) electrons. The van der Waals surface area contributed by atoms with Crippen LogP contribution in [0, 0.1) is 0 Å². The monoisotopic (exact) mass is 261 g/mol. The van der Waals surface area contributed by atoms with E-state index in [4.69, 9.17) is 4.52 Å². The molecule has 1 fully saturated rings. The Kier molecular flexibility index (Phi) is 3.34. The molecular formula is C13H15N3OS.